The number of hydrogen-bond donors (Lipinski definition) is 1. The standard InChI is InChI=1S/C11H11BrFN3O3S/c1-16-5-7(4-15-16)6-19-10-3-9(13)11(2-8(10)12)20(14,17)18/h2-5H,6H2,1H3,(H2,14,17,18). The van der Waals surface area contributed by atoms with E-state index in [9.17, 15) is 12.8 Å². The van der Waals surface area contributed by atoms with Crippen LogP contribution < -0.4 is 9.88 Å². The number of sulfonamides is 1. The van der Waals surface area contributed by atoms with Gasteiger partial charge in [-0.3, -0.25) is 4.68 Å². The van der Waals surface area contributed by atoms with Gasteiger partial charge in [0.15, 0.2) is 0 Å². The van der Waals surface area contributed by atoms with Gasteiger partial charge in [-0.05, 0) is 22.0 Å². The number of ether oxygens (including phenoxy) is 1. The van der Waals surface area contributed by atoms with Gasteiger partial charge in [-0.1, -0.05) is 0 Å². The van der Waals surface area contributed by atoms with Gasteiger partial charge in [0.05, 0.1) is 10.7 Å². The van der Waals surface area contributed by atoms with Crippen molar-refractivity contribution in [3.63, 3.8) is 0 Å². The molecule has 9 heteroatoms. The van der Waals surface area contributed by atoms with Crippen molar-refractivity contribution in [3.8, 4) is 5.75 Å². The van der Waals surface area contributed by atoms with E-state index in [-0.39, 0.29) is 12.4 Å². The second kappa shape index (κ2) is 5.51. The van der Waals surface area contributed by atoms with Gasteiger partial charge in [-0.25, -0.2) is 17.9 Å². The maximum absolute atomic E-state index is 13.7. The molecule has 0 bridgehead atoms. The first kappa shape index (κ1) is 14.9. The van der Waals surface area contributed by atoms with Crippen molar-refractivity contribution in [1.29, 1.82) is 0 Å². The summed E-state index contributed by atoms with van der Waals surface area (Å²) >= 11 is 3.12. The Hall–Kier alpha value is -1.45. The number of primary sulfonamides is 1. The molecule has 108 valence electrons. The number of aryl methyl sites for hydroxylation is 1. The molecule has 0 aliphatic rings. The summed E-state index contributed by atoms with van der Waals surface area (Å²) in [6.07, 6.45) is 3.37. The molecule has 0 unspecified atom stereocenters. The molecule has 2 rings (SSSR count). The quantitative estimate of drug-likeness (QED) is 0.892. The van der Waals surface area contributed by atoms with Crippen LogP contribution in [0.4, 0.5) is 4.39 Å². The highest BCUT2D eigenvalue weighted by Crippen LogP contribution is 2.30. The third-order valence-corrected chi connectivity index (χ3v) is 3.99. The fraction of sp³-hybridized carbons (Fsp3) is 0.182. The molecule has 1 heterocycles. The summed E-state index contributed by atoms with van der Waals surface area (Å²) in [6.45, 7) is 0.181. The number of aromatic nitrogens is 2. The van der Waals surface area contributed by atoms with E-state index in [1.807, 2.05) is 0 Å². The summed E-state index contributed by atoms with van der Waals surface area (Å²) in [4.78, 5) is -0.585. The lowest BCUT2D eigenvalue weighted by atomic mass is 10.3. The zero-order chi connectivity index (χ0) is 14.9. The molecule has 6 nitrogen and oxygen atoms in total. The third kappa shape index (κ3) is 3.35. The first-order chi connectivity index (χ1) is 9.27. The number of benzene rings is 1. The van der Waals surface area contributed by atoms with E-state index in [4.69, 9.17) is 9.88 Å². The van der Waals surface area contributed by atoms with Crippen molar-refractivity contribution in [2.24, 2.45) is 12.2 Å². The van der Waals surface area contributed by atoms with Crippen LogP contribution in [0.3, 0.4) is 0 Å². The highest BCUT2D eigenvalue weighted by atomic mass is 79.9. The molecular weight excluding hydrogens is 353 g/mol. The summed E-state index contributed by atoms with van der Waals surface area (Å²) in [5.41, 5.74) is 0.801. The molecule has 20 heavy (non-hydrogen) atoms. The molecular formula is C11H11BrFN3O3S. The van der Waals surface area contributed by atoms with E-state index in [0.717, 1.165) is 17.7 Å². The Morgan fingerprint density at radius 2 is 2.20 bits per heavy atom. The van der Waals surface area contributed by atoms with Crippen LogP contribution in [0, 0.1) is 5.82 Å². The zero-order valence-corrected chi connectivity index (χ0v) is 12.8. The first-order valence-corrected chi connectivity index (χ1v) is 7.73. The topological polar surface area (TPSA) is 87.2 Å². The molecule has 0 radical (unpaired) electrons. The fourth-order valence-electron chi connectivity index (χ4n) is 1.55. The normalized spacial score (nSPS) is 11.6. The molecule has 0 aliphatic heterocycles. The average Bonchev–Trinajstić information content (AvgIpc) is 2.74. The predicted octanol–water partition coefficient (Wildman–Crippen LogP) is 1.55. The summed E-state index contributed by atoms with van der Waals surface area (Å²) in [5, 5.41) is 8.87. The Morgan fingerprint density at radius 1 is 1.50 bits per heavy atom. The fourth-order valence-corrected chi connectivity index (χ4v) is 2.77. The predicted molar refractivity (Wildman–Crippen MR) is 73.0 cm³/mol. The summed E-state index contributed by atoms with van der Waals surface area (Å²) < 4.78 is 43.3. The Balaban J connectivity index is 2.23. The lowest BCUT2D eigenvalue weighted by molar-refractivity contribution is 0.302. The van der Waals surface area contributed by atoms with Crippen LogP contribution >= 0.6 is 15.9 Å². The Bertz CT molecular complexity index is 745. The molecule has 0 aliphatic carbocycles. The molecule has 0 amide bonds. The molecule has 0 saturated carbocycles. The van der Waals surface area contributed by atoms with Crippen LogP contribution in [0.15, 0.2) is 33.9 Å². The summed E-state index contributed by atoms with van der Waals surface area (Å²) in [6, 6.07) is 2.05. The molecule has 0 spiro atoms. The van der Waals surface area contributed by atoms with Gasteiger partial charge in [0.25, 0.3) is 0 Å². The van der Waals surface area contributed by atoms with Gasteiger partial charge in [0.2, 0.25) is 10.0 Å². The molecule has 1 aromatic carbocycles. The Morgan fingerprint density at radius 3 is 2.75 bits per heavy atom. The summed E-state index contributed by atoms with van der Waals surface area (Å²) in [7, 11) is -2.35. The maximum Gasteiger partial charge on any atom is 0.241 e. The molecule has 2 N–H and O–H groups in total. The summed E-state index contributed by atoms with van der Waals surface area (Å²) in [5.74, 6) is -0.782. The van der Waals surface area contributed by atoms with Gasteiger partial charge < -0.3 is 4.74 Å². The van der Waals surface area contributed by atoms with Gasteiger partial charge in [0, 0.05) is 24.9 Å². The van der Waals surface area contributed by atoms with E-state index in [1.165, 1.54) is 0 Å². The van der Waals surface area contributed by atoms with Gasteiger partial charge in [-0.15, -0.1) is 0 Å². The lowest BCUT2D eigenvalue weighted by Gasteiger charge is -2.09. The van der Waals surface area contributed by atoms with E-state index in [0.29, 0.717) is 4.47 Å². The minimum Gasteiger partial charge on any atom is -0.487 e. The van der Waals surface area contributed by atoms with Crippen molar-refractivity contribution in [3.05, 3.63) is 40.4 Å². The number of hydrogen-bond acceptors (Lipinski definition) is 4. The van der Waals surface area contributed by atoms with Crippen molar-refractivity contribution in [1.82, 2.24) is 9.78 Å². The number of nitrogens with zero attached hydrogens (tertiary/aromatic N) is 2. The van der Waals surface area contributed by atoms with E-state index < -0.39 is 20.7 Å². The minimum absolute atomic E-state index is 0.179. The highest BCUT2D eigenvalue weighted by molar-refractivity contribution is 9.10. The second-order valence-electron chi connectivity index (χ2n) is 4.07. The van der Waals surface area contributed by atoms with Crippen LogP contribution in [0.5, 0.6) is 5.75 Å². The Kier molecular flexibility index (Phi) is 4.11. The molecule has 2 aromatic rings. The highest BCUT2D eigenvalue weighted by Gasteiger charge is 2.18. The van der Waals surface area contributed by atoms with E-state index in [2.05, 4.69) is 21.0 Å². The van der Waals surface area contributed by atoms with Gasteiger partial charge in [-0.2, -0.15) is 5.10 Å². The Labute approximate surface area is 123 Å². The molecule has 0 atom stereocenters. The van der Waals surface area contributed by atoms with E-state index in [1.54, 1.807) is 24.1 Å². The molecule has 1 aromatic heterocycles. The minimum atomic E-state index is -4.11. The van der Waals surface area contributed by atoms with Crippen LogP contribution in [0.25, 0.3) is 0 Å². The zero-order valence-electron chi connectivity index (χ0n) is 10.4. The molecule has 0 saturated heterocycles. The smallest absolute Gasteiger partial charge is 0.241 e. The van der Waals surface area contributed by atoms with E-state index >= 15 is 0 Å². The van der Waals surface area contributed by atoms with Crippen LogP contribution in [-0.4, -0.2) is 18.2 Å². The SMILES string of the molecule is Cn1cc(COc2cc(F)c(S(N)(=O)=O)cc2Br)cn1. The third-order valence-electron chi connectivity index (χ3n) is 2.45. The van der Waals surface area contributed by atoms with Gasteiger partial charge >= 0.3 is 0 Å². The first-order valence-electron chi connectivity index (χ1n) is 5.39. The van der Waals surface area contributed by atoms with Crippen molar-refractivity contribution in [2.75, 3.05) is 0 Å². The van der Waals surface area contributed by atoms with Crippen LogP contribution in [0.2, 0.25) is 0 Å². The number of nitrogens with two attached hydrogens (primary N) is 1. The monoisotopic (exact) mass is 363 g/mol. The van der Waals surface area contributed by atoms with Gasteiger partial charge in [0.1, 0.15) is 23.1 Å². The van der Waals surface area contributed by atoms with Crippen LogP contribution in [-0.2, 0) is 23.7 Å². The number of halogens is 2. The van der Waals surface area contributed by atoms with Crippen molar-refractivity contribution in [2.45, 2.75) is 11.5 Å². The molecule has 0 fully saturated rings. The second-order valence-corrected chi connectivity index (χ2v) is 6.45. The average molecular weight is 364 g/mol. The maximum atomic E-state index is 13.7. The van der Waals surface area contributed by atoms with Crippen molar-refractivity contribution < 1.29 is 17.5 Å². The largest absolute Gasteiger partial charge is 0.487 e. The lowest BCUT2D eigenvalue weighted by Crippen LogP contribution is -2.14. The number of rotatable bonds is 4. The van der Waals surface area contributed by atoms with Crippen molar-refractivity contribution >= 4 is 26.0 Å². The van der Waals surface area contributed by atoms with Crippen LogP contribution in [0.1, 0.15) is 5.56 Å².